The Morgan fingerprint density at radius 3 is 2.41 bits per heavy atom. The molecule has 0 spiro atoms. The summed E-state index contributed by atoms with van der Waals surface area (Å²) >= 11 is 0. The number of hydrogen-bond acceptors (Lipinski definition) is 3. The first kappa shape index (κ1) is 14.9. The van der Waals surface area contributed by atoms with Crippen LogP contribution in [0.2, 0.25) is 0 Å². The second kappa shape index (κ2) is 7.34. The molecule has 0 aromatic carbocycles. The fourth-order valence-electron chi connectivity index (χ4n) is 2.48. The van der Waals surface area contributed by atoms with Gasteiger partial charge in [0.25, 0.3) is 0 Å². The van der Waals surface area contributed by atoms with Gasteiger partial charge in [0.2, 0.25) is 0 Å². The van der Waals surface area contributed by atoms with Crippen molar-refractivity contribution in [3.05, 3.63) is 0 Å². The van der Waals surface area contributed by atoms with Gasteiger partial charge < -0.3 is 15.4 Å². The molecule has 1 aliphatic rings. The summed E-state index contributed by atoms with van der Waals surface area (Å²) in [7, 11) is 0. The van der Waals surface area contributed by atoms with Crippen molar-refractivity contribution in [2.45, 2.75) is 46.6 Å². The second-order valence-electron chi connectivity index (χ2n) is 6.16. The van der Waals surface area contributed by atoms with Crippen LogP contribution in [0.25, 0.3) is 0 Å². The molecule has 17 heavy (non-hydrogen) atoms. The van der Waals surface area contributed by atoms with Crippen molar-refractivity contribution in [2.75, 3.05) is 32.8 Å². The van der Waals surface area contributed by atoms with Crippen LogP contribution in [-0.4, -0.2) is 38.9 Å². The van der Waals surface area contributed by atoms with Crippen LogP contribution in [0.15, 0.2) is 0 Å². The predicted molar refractivity (Wildman–Crippen MR) is 73.3 cm³/mol. The number of rotatable bonds is 7. The minimum atomic E-state index is 0.390. The predicted octanol–water partition coefficient (Wildman–Crippen LogP) is 2.03. The van der Waals surface area contributed by atoms with Gasteiger partial charge in [-0.1, -0.05) is 27.7 Å². The summed E-state index contributed by atoms with van der Waals surface area (Å²) in [6.45, 7) is 14.3. The topological polar surface area (TPSA) is 33.3 Å². The first-order valence-corrected chi connectivity index (χ1v) is 7.04. The van der Waals surface area contributed by atoms with E-state index in [1.807, 2.05) is 0 Å². The third kappa shape index (κ3) is 5.84. The first-order valence-electron chi connectivity index (χ1n) is 7.04. The van der Waals surface area contributed by atoms with Gasteiger partial charge in [0, 0.05) is 38.9 Å². The molecule has 0 saturated carbocycles. The molecular formula is C14H30N2O. The van der Waals surface area contributed by atoms with E-state index in [-0.39, 0.29) is 0 Å². The zero-order chi connectivity index (χ0) is 12.7. The quantitative estimate of drug-likeness (QED) is 0.670. The van der Waals surface area contributed by atoms with Crippen LogP contribution in [0.1, 0.15) is 40.5 Å². The Bertz CT molecular complexity index is 198. The van der Waals surface area contributed by atoms with Gasteiger partial charge in [0.05, 0.1) is 0 Å². The second-order valence-corrected chi connectivity index (χ2v) is 6.16. The molecule has 1 rings (SSSR count). The SMILES string of the molecule is CC(C)NCCNCC(C)(C)C1CCOCC1. The van der Waals surface area contributed by atoms with Crippen LogP contribution in [0.4, 0.5) is 0 Å². The van der Waals surface area contributed by atoms with E-state index in [2.05, 4.69) is 38.3 Å². The monoisotopic (exact) mass is 242 g/mol. The van der Waals surface area contributed by atoms with E-state index in [0.29, 0.717) is 11.5 Å². The smallest absolute Gasteiger partial charge is 0.0468 e. The molecule has 0 amide bonds. The van der Waals surface area contributed by atoms with Gasteiger partial charge >= 0.3 is 0 Å². The molecule has 1 aliphatic heterocycles. The summed E-state index contributed by atoms with van der Waals surface area (Å²) in [5.41, 5.74) is 0.390. The van der Waals surface area contributed by atoms with Crippen LogP contribution >= 0.6 is 0 Å². The van der Waals surface area contributed by atoms with Crippen LogP contribution in [0.5, 0.6) is 0 Å². The Kier molecular flexibility index (Phi) is 6.45. The number of ether oxygens (including phenoxy) is 1. The average molecular weight is 242 g/mol. The van der Waals surface area contributed by atoms with Crippen molar-refractivity contribution in [3.63, 3.8) is 0 Å². The van der Waals surface area contributed by atoms with Crippen molar-refractivity contribution in [3.8, 4) is 0 Å². The number of hydrogen-bond donors (Lipinski definition) is 2. The molecule has 0 aliphatic carbocycles. The highest BCUT2D eigenvalue weighted by Gasteiger charge is 2.30. The van der Waals surface area contributed by atoms with E-state index in [1.165, 1.54) is 12.8 Å². The zero-order valence-electron chi connectivity index (χ0n) is 12.0. The van der Waals surface area contributed by atoms with Crippen molar-refractivity contribution in [1.29, 1.82) is 0 Å². The highest BCUT2D eigenvalue weighted by atomic mass is 16.5. The molecule has 102 valence electrons. The summed E-state index contributed by atoms with van der Waals surface area (Å²) in [6, 6.07) is 0.584. The molecule has 0 bridgehead atoms. The van der Waals surface area contributed by atoms with E-state index in [1.54, 1.807) is 0 Å². The molecule has 2 N–H and O–H groups in total. The summed E-state index contributed by atoms with van der Waals surface area (Å²) in [6.07, 6.45) is 2.44. The summed E-state index contributed by atoms with van der Waals surface area (Å²) < 4.78 is 5.43. The minimum absolute atomic E-state index is 0.390. The van der Waals surface area contributed by atoms with Gasteiger partial charge in [-0.15, -0.1) is 0 Å². The Morgan fingerprint density at radius 2 is 1.82 bits per heavy atom. The normalized spacial score (nSPS) is 18.9. The molecule has 1 saturated heterocycles. The van der Waals surface area contributed by atoms with Gasteiger partial charge in [-0.25, -0.2) is 0 Å². The first-order chi connectivity index (χ1) is 8.02. The Morgan fingerprint density at radius 1 is 1.18 bits per heavy atom. The lowest BCUT2D eigenvalue weighted by atomic mass is 9.74. The van der Waals surface area contributed by atoms with Gasteiger partial charge in [0.1, 0.15) is 0 Å². The van der Waals surface area contributed by atoms with E-state index < -0.39 is 0 Å². The van der Waals surface area contributed by atoms with Crippen LogP contribution in [0.3, 0.4) is 0 Å². The van der Waals surface area contributed by atoms with Gasteiger partial charge in [-0.05, 0) is 24.2 Å². The van der Waals surface area contributed by atoms with E-state index in [4.69, 9.17) is 4.74 Å². The van der Waals surface area contributed by atoms with Gasteiger partial charge in [0.15, 0.2) is 0 Å². The highest BCUT2D eigenvalue weighted by Crippen LogP contribution is 2.33. The molecule has 0 aromatic rings. The molecule has 0 radical (unpaired) electrons. The van der Waals surface area contributed by atoms with Gasteiger partial charge in [-0.2, -0.15) is 0 Å². The zero-order valence-corrected chi connectivity index (χ0v) is 12.0. The summed E-state index contributed by atoms with van der Waals surface area (Å²) in [4.78, 5) is 0. The molecule has 1 heterocycles. The third-order valence-corrected chi connectivity index (χ3v) is 3.76. The Balaban J connectivity index is 2.15. The van der Waals surface area contributed by atoms with Crippen molar-refractivity contribution in [1.82, 2.24) is 10.6 Å². The van der Waals surface area contributed by atoms with Crippen molar-refractivity contribution < 1.29 is 4.74 Å². The lowest BCUT2D eigenvalue weighted by molar-refractivity contribution is 0.0229. The molecule has 3 nitrogen and oxygen atoms in total. The van der Waals surface area contributed by atoms with Crippen LogP contribution in [0, 0.1) is 11.3 Å². The third-order valence-electron chi connectivity index (χ3n) is 3.76. The molecule has 0 atom stereocenters. The standard InChI is InChI=1S/C14H30N2O/c1-12(2)16-8-7-15-11-14(3,4)13-5-9-17-10-6-13/h12-13,15-16H,5-11H2,1-4H3. The molecule has 1 fully saturated rings. The molecular weight excluding hydrogens is 212 g/mol. The lowest BCUT2D eigenvalue weighted by Gasteiger charge is -2.37. The molecule has 0 aromatic heterocycles. The lowest BCUT2D eigenvalue weighted by Crippen LogP contribution is -2.41. The maximum atomic E-state index is 5.43. The Hall–Kier alpha value is -0.120. The summed E-state index contributed by atoms with van der Waals surface area (Å²) in [5.74, 6) is 0.807. The number of nitrogens with one attached hydrogen (secondary N) is 2. The molecule has 0 unspecified atom stereocenters. The fraction of sp³-hybridized carbons (Fsp3) is 1.00. The van der Waals surface area contributed by atoms with Crippen LogP contribution < -0.4 is 10.6 Å². The average Bonchev–Trinajstić information content (AvgIpc) is 2.29. The minimum Gasteiger partial charge on any atom is -0.381 e. The Labute approximate surface area is 107 Å². The molecule has 3 heteroatoms. The fourth-order valence-corrected chi connectivity index (χ4v) is 2.48. The largest absolute Gasteiger partial charge is 0.381 e. The van der Waals surface area contributed by atoms with E-state index in [9.17, 15) is 0 Å². The van der Waals surface area contributed by atoms with Crippen LogP contribution in [-0.2, 0) is 4.74 Å². The van der Waals surface area contributed by atoms with Crippen molar-refractivity contribution >= 4 is 0 Å². The maximum absolute atomic E-state index is 5.43. The highest BCUT2D eigenvalue weighted by molar-refractivity contribution is 4.82. The van der Waals surface area contributed by atoms with Crippen molar-refractivity contribution in [2.24, 2.45) is 11.3 Å². The van der Waals surface area contributed by atoms with E-state index >= 15 is 0 Å². The summed E-state index contributed by atoms with van der Waals surface area (Å²) in [5, 5.41) is 7.00. The van der Waals surface area contributed by atoms with E-state index in [0.717, 1.165) is 38.8 Å². The maximum Gasteiger partial charge on any atom is 0.0468 e. The van der Waals surface area contributed by atoms with Gasteiger partial charge in [-0.3, -0.25) is 0 Å².